The van der Waals surface area contributed by atoms with E-state index in [2.05, 4.69) is 19.9 Å². The highest BCUT2D eigenvalue weighted by Gasteiger charge is 2.38. The van der Waals surface area contributed by atoms with Crippen LogP contribution in [0.3, 0.4) is 0 Å². The Morgan fingerprint density at radius 1 is 1.09 bits per heavy atom. The molecular weight excluding hydrogens is 497 g/mol. The Morgan fingerprint density at radius 2 is 1.83 bits per heavy atom. The SMILES string of the molecule is O=S(=O)(c1cc2c(-c3ncc(F)cn3)c(C(F)(F)F)cc(F)c2[nH]1)N1CCOCc2cccnc21. The summed E-state index contributed by atoms with van der Waals surface area (Å²) in [7, 11) is -4.44. The summed E-state index contributed by atoms with van der Waals surface area (Å²) in [6.07, 6.45) is -2.34. The molecule has 0 amide bonds. The maximum Gasteiger partial charge on any atom is 0.417 e. The molecule has 1 aliphatic rings. The zero-order valence-corrected chi connectivity index (χ0v) is 18.3. The molecule has 35 heavy (non-hydrogen) atoms. The van der Waals surface area contributed by atoms with Crippen LogP contribution in [0, 0.1) is 11.6 Å². The first-order chi connectivity index (χ1) is 16.6. The third-order valence-corrected chi connectivity index (χ3v) is 7.07. The minimum Gasteiger partial charge on any atom is -0.375 e. The number of hydrogen-bond donors (Lipinski definition) is 1. The number of halogens is 5. The fourth-order valence-electron chi connectivity index (χ4n) is 3.83. The molecule has 0 bridgehead atoms. The molecule has 0 aliphatic carbocycles. The third-order valence-electron chi connectivity index (χ3n) is 5.36. The van der Waals surface area contributed by atoms with E-state index in [0.717, 1.165) is 10.4 Å². The van der Waals surface area contributed by atoms with Crippen molar-refractivity contribution in [2.75, 3.05) is 17.5 Å². The van der Waals surface area contributed by atoms with E-state index in [4.69, 9.17) is 4.74 Å². The Labute approximate surface area is 194 Å². The second-order valence-corrected chi connectivity index (χ2v) is 9.37. The molecule has 0 saturated heterocycles. The normalized spacial score (nSPS) is 14.7. The highest BCUT2D eigenvalue weighted by atomic mass is 32.2. The van der Waals surface area contributed by atoms with Crippen LogP contribution in [-0.2, 0) is 27.5 Å². The fourth-order valence-corrected chi connectivity index (χ4v) is 5.27. The highest BCUT2D eigenvalue weighted by Crippen LogP contribution is 2.42. The Kier molecular flexibility index (Phi) is 5.44. The molecule has 0 fully saturated rings. The lowest BCUT2D eigenvalue weighted by atomic mass is 10.0. The van der Waals surface area contributed by atoms with Crippen molar-refractivity contribution < 1.29 is 35.1 Å². The number of sulfonamides is 1. The quantitative estimate of drug-likeness (QED) is 0.417. The summed E-state index contributed by atoms with van der Waals surface area (Å²) in [5, 5.41) is -1.01. The molecule has 0 unspecified atom stereocenters. The van der Waals surface area contributed by atoms with Gasteiger partial charge in [-0.1, -0.05) is 6.07 Å². The van der Waals surface area contributed by atoms with E-state index >= 15 is 0 Å². The van der Waals surface area contributed by atoms with Crippen molar-refractivity contribution in [3.63, 3.8) is 0 Å². The molecule has 1 aromatic carbocycles. The summed E-state index contributed by atoms with van der Waals surface area (Å²) >= 11 is 0. The number of nitrogens with one attached hydrogen (secondary N) is 1. The lowest BCUT2D eigenvalue weighted by molar-refractivity contribution is -0.137. The standard InChI is InChI=1S/C21H14F5N5O3S/c22-12-8-28-19(29-9-12)17-13-6-16(30-18(13)15(23)7-14(17)21(24,25)26)35(32,33)31-4-5-34-10-11-2-1-3-27-20(11)31/h1-3,6-9,30H,4-5,10H2. The van der Waals surface area contributed by atoms with Crippen molar-refractivity contribution in [2.45, 2.75) is 17.8 Å². The molecule has 4 heterocycles. The largest absolute Gasteiger partial charge is 0.417 e. The predicted molar refractivity (Wildman–Crippen MR) is 113 cm³/mol. The maximum absolute atomic E-state index is 14.8. The summed E-state index contributed by atoms with van der Waals surface area (Å²) in [6.45, 7) is 0.000512. The number of nitrogens with zero attached hydrogens (tertiary/aromatic N) is 4. The van der Waals surface area contributed by atoms with Crippen LogP contribution in [0.5, 0.6) is 0 Å². The van der Waals surface area contributed by atoms with Gasteiger partial charge in [0.25, 0.3) is 10.0 Å². The van der Waals surface area contributed by atoms with Gasteiger partial charge in [-0.25, -0.2) is 28.0 Å². The first-order valence-electron chi connectivity index (χ1n) is 10.0. The topological polar surface area (TPSA) is 101 Å². The number of benzene rings is 1. The zero-order valence-electron chi connectivity index (χ0n) is 17.5. The molecule has 4 aromatic rings. The van der Waals surface area contributed by atoms with Crippen LogP contribution in [0.4, 0.5) is 27.8 Å². The summed E-state index contributed by atoms with van der Waals surface area (Å²) in [6, 6.07) is 4.32. The second kappa shape index (κ2) is 8.23. The van der Waals surface area contributed by atoms with Gasteiger partial charge in [0.1, 0.15) is 11.6 Å². The Hall–Kier alpha value is -3.65. The number of anilines is 1. The average Bonchev–Trinajstić information content (AvgIpc) is 3.15. The molecule has 5 rings (SSSR count). The third kappa shape index (κ3) is 3.97. The summed E-state index contributed by atoms with van der Waals surface area (Å²) in [5.74, 6) is -2.70. The number of aromatic amines is 1. The van der Waals surface area contributed by atoms with Gasteiger partial charge < -0.3 is 9.72 Å². The van der Waals surface area contributed by atoms with Gasteiger partial charge in [0.05, 0.1) is 43.2 Å². The smallest absolute Gasteiger partial charge is 0.375 e. The fraction of sp³-hybridized carbons (Fsp3) is 0.190. The van der Waals surface area contributed by atoms with Crippen molar-refractivity contribution in [2.24, 2.45) is 0 Å². The van der Waals surface area contributed by atoms with Crippen molar-refractivity contribution in [1.29, 1.82) is 0 Å². The van der Waals surface area contributed by atoms with E-state index in [1.54, 1.807) is 12.1 Å². The Morgan fingerprint density at radius 3 is 2.54 bits per heavy atom. The van der Waals surface area contributed by atoms with E-state index in [0.29, 0.717) is 18.0 Å². The number of H-pyrrole nitrogens is 1. The van der Waals surface area contributed by atoms with E-state index in [-0.39, 0.29) is 31.6 Å². The minimum atomic E-state index is -5.04. The molecule has 3 aromatic heterocycles. The second-order valence-electron chi connectivity index (χ2n) is 7.54. The number of rotatable bonds is 3. The highest BCUT2D eigenvalue weighted by molar-refractivity contribution is 7.92. The van der Waals surface area contributed by atoms with Gasteiger partial charge in [-0.15, -0.1) is 0 Å². The molecule has 1 N–H and O–H groups in total. The van der Waals surface area contributed by atoms with Crippen LogP contribution in [0.15, 0.2) is 47.9 Å². The number of aromatic nitrogens is 4. The van der Waals surface area contributed by atoms with Gasteiger partial charge in [-0.2, -0.15) is 21.6 Å². The number of alkyl halides is 3. The van der Waals surface area contributed by atoms with Gasteiger partial charge in [-0.3, -0.25) is 0 Å². The van der Waals surface area contributed by atoms with Crippen LogP contribution in [-0.4, -0.2) is 41.5 Å². The number of hydrogen-bond acceptors (Lipinski definition) is 6. The molecule has 14 heteroatoms. The number of fused-ring (bicyclic) bond motifs is 2. The average molecular weight is 511 g/mol. The van der Waals surface area contributed by atoms with Crippen LogP contribution >= 0.6 is 0 Å². The van der Waals surface area contributed by atoms with Crippen LogP contribution in [0.2, 0.25) is 0 Å². The Bertz CT molecular complexity index is 1540. The van der Waals surface area contributed by atoms with E-state index < -0.39 is 60.7 Å². The van der Waals surface area contributed by atoms with Crippen molar-refractivity contribution >= 4 is 26.7 Å². The maximum atomic E-state index is 14.8. The van der Waals surface area contributed by atoms with Crippen molar-refractivity contribution in [3.05, 3.63) is 65.6 Å². The van der Waals surface area contributed by atoms with E-state index in [1.807, 2.05) is 0 Å². The zero-order chi connectivity index (χ0) is 25.0. The molecule has 8 nitrogen and oxygen atoms in total. The number of pyridine rings is 1. The van der Waals surface area contributed by atoms with Crippen LogP contribution < -0.4 is 4.31 Å². The summed E-state index contributed by atoms with van der Waals surface area (Å²) in [4.78, 5) is 13.7. The monoisotopic (exact) mass is 511 g/mol. The lowest BCUT2D eigenvalue weighted by Gasteiger charge is -2.21. The van der Waals surface area contributed by atoms with Gasteiger partial charge in [-0.05, 0) is 18.2 Å². The molecule has 0 atom stereocenters. The summed E-state index contributed by atoms with van der Waals surface area (Å²) in [5.41, 5.74) is -2.15. The molecule has 0 spiro atoms. The molecular formula is C21H14F5N5O3S. The van der Waals surface area contributed by atoms with Gasteiger partial charge in [0.2, 0.25) is 0 Å². The summed E-state index contributed by atoms with van der Waals surface area (Å²) < 4.78 is 103. The van der Waals surface area contributed by atoms with Crippen LogP contribution in [0.1, 0.15) is 11.1 Å². The molecule has 0 saturated carbocycles. The first kappa shape index (κ1) is 23.1. The Balaban J connectivity index is 1.75. The lowest BCUT2D eigenvalue weighted by Crippen LogP contribution is -2.34. The van der Waals surface area contributed by atoms with E-state index in [9.17, 15) is 30.4 Å². The predicted octanol–water partition coefficient (Wildman–Crippen LogP) is 4.04. The minimum absolute atomic E-state index is 0.0249. The van der Waals surface area contributed by atoms with Crippen molar-refractivity contribution in [1.82, 2.24) is 19.9 Å². The van der Waals surface area contributed by atoms with Gasteiger partial charge in [0, 0.05) is 22.7 Å². The molecule has 0 radical (unpaired) electrons. The molecule has 182 valence electrons. The van der Waals surface area contributed by atoms with E-state index in [1.165, 1.54) is 6.20 Å². The van der Waals surface area contributed by atoms with Gasteiger partial charge in [0.15, 0.2) is 16.7 Å². The van der Waals surface area contributed by atoms with Gasteiger partial charge >= 0.3 is 6.18 Å². The first-order valence-corrected chi connectivity index (χ1v) is 11.5. The van der Waals surface area contributed by atoms with Crippen molar-refractivity contribution in [3.8, 4) is 11.4 Å². The number of ether oxygens (including phenoxy) is 1. The van der Waals surface area contributed by atoms with Crippen LogP contribution in [0.25, 0.3) is 22.3 Å². The molecule has 1 aliphatic heterocycles.